The number of pyridine rings is 2. The average molecular weight is 310 g/mol. The molecule has 0 radical (unpaired) electrons. The van der Waals surface area contributed by atoms with E-state index in [1.807, 2.05) is 13.0 Å². The number of nitrogens with two attached hydrogens (primary N) is 1. The van der Waals surface area contributed by atoms with Gasteiger partial charge in [-0.2, -0.15) is 0 Å². The fourth-order valence-corrected chi connectivity index (χ4v) is 2.97. The third kappa shape index (κ3) is 3.50. The van der Waals surface area contributed by atoms with Crippen molar-refractivity contribution in [3.05, 3.63) is 47.3 Å². The number of aryl methyl sites for hydroxylation is 1. The lowest BCUT2D eigenvalue weighted by molar-refractivity contribution is 0.103. The van der Waals surface area contributed by atoms with Crippen LogP contribution in [0.1, 0.15) is 47.3 Å². The van der Waals surface area contributed by atoms with Crippen molar-refractivity contribution in [1.29, 1.82) is 0 Å². The van der Waals surface area contributed by atoms with Crippen LogP contribution < -0.4 is 10.6 Å². The number of anilines is 2. The van der Waals surface area contributed by atoms with Crippen molar-refractivity contribution in [2.75, 3.05) is 23.7 Å². The van der Waals surface area contributed by atoms with Crippen LogP contribution in [0.5, 0.6) is 0 Å². The van der Waals surface area contributed by atoms with Gasteiger partial charge in [0, 0.05) is 19.3 Å². The van der Waals surface area contributed by atoms with Gasteiger partial charge in [0.1, 0.15) is 17.3 Å². The molecule has 5 heteroatoms. The first-order chi connectivity index (χ1) is 11.1. The minimum atomic E-state index is -0.171. The second-order valence-corrected chi connectivity index (χ2v) is 6.05. The Morgan fingerprint density at radius 1 is 1.17 bits per heavy atom. The predicted octanol–water partition coefficient (Wildman–Crippen LogP) is 2.98. The Bertz CT molecular complexity index is 706. The minimum Gasteiger partial charge on any atom is -0.383 e. The van der Waals surface area contributed by atoms with Crippen LogP contribution in [-0.2, 0) is 0 Å². The maximum Gasteiger partial charge on any atom is 0.215 e. The fraction of sp³-hybridized carbons (Fsp3) is 0.389. The average Bonchev–Trinajstić information content (AvgIpc) is 2.83. The summed E-state index contributed by atoms with van der Waals surface area (Å²) in [5, 5.41) is 0. The largest absolute Gasteiger partial charge is 0.383 e. The molecule has 0 unspecified atom stereocenters. The molecular formula is C18H22N4O. The number of nitrogens with zero attached hydrogens (tertiary/aromatic N) is 3. The number of rotatable bonds is 3. The highest BCUT2D eigenvalue weighted by atomic mass is 16.1. The molecule has 23 heavy (non-hydrogen) atoms. The first-order valence-electron chi connectivity index (χ1n) is 8.14. The van der Waals surface area contributed by atoms with Gasteiger partial charge in [-0.05, 0) is 49.6 Å². The standard InChI is InChI=1S/C18H22N4O/c1-13-11-15(17(23)14-7-6-8-20-18(14)19)21-16(12-13)22-9-4-2-3-5-10-22/h6-8,11-12H,2-5,9-10H2,1H3,(H2,19,20). The molecule has 120 valence electrons. The van der Waals surface area contributed by atoms with Gasteiger partial charge >= 0.3 is 0 Å². The van der Waals surface area contributed by atoms with Crippen LogP contribution in [0.15, 0.2) is 30.5 Å². The van der Waals surface area contributed by atoms with Gasteiger partial charge in [-0.25, -0.2) is 9.97 Å². The van der Waals surface area contributed by atoms with Gasteiger partial charge in [0.25, 0.3) is 0 Å². The molecule has 1 saturated heterocycles. The first-order valence-corrected chi connectivity index (χ1v) is 8.14. The Morgan fingerprint density at radius 2 is 1.91 bits per heavy atom. The molecule has 3 heterocycles. The highest BCUT2D eigenvalue weighted by molar-refractivity contribution is 6.10. The number of hydrogen-bond donors (Lipinski definition) is 1. The molecule has 0 spiro atoms. The Hall–Kier alpha value is -2.43. The lowest BCUT2D eigenvalue weighted by Gasteiger charge is -2.22. The zero-order chi connectivity index (χ0) is 16.2. The third-order valence-corrected chi connectivity index (χ3v) is 4.20. The van der Waals surface area contributed by atoms with Crippen LogP contribution >= 0.6 is 0 Å². The monoisotopic (exact) mass is 310 g/mol. The van der Waals surface area contributed by atoms with Gasteiger partial charge in [0.2, 0.25) is 5.78 Å². The second kappa shape index (κ2) is 6.77. The SMILES string of the molecule is Cc1cc(C(=O)c2cccnc2N)nc(N2CCCCCC2)c1. The van der Waals surface area contributed by atoms with Crippen molar-refractivity contribution in [2.45, 2.75) is 32.6 Å². The fourth-order valence-electron chi connectivity index (χ4n) is 2.97. The van der Waals surface area contributed by atoms with E-state index < -0.39 is 0 Å². The van der Waals surface area contributed by atoms with Crippen molar-refractivity contribution in [3.8, 4) is 0 Å². The smallest absolute Gasteiger partial charge is 0.215 e. The van der Waals surface area contributed by atoms with Gasteiger partial charge in [-0.3, -0.25) is 4.79 Å². The molecule has 3 rings (SSSR count). The maximum absolute atomic E-state index is 12.7. The summed E-state index contributed by atoms with van der Waals surface area (Å²) >= 11 is 0. The van der Waals surface area contributed by atoms with Crippen LogP contribution in [0.25, 0.3) is 0 Å². The summed E-state index contributed by atoms with van der Waals surface area (Å²) in [5.74, 6) is 0.963. The van der Waals surface area contributed by atoms with Crippen LogP contribution in [0.4, 0.5) is 11.6 Å². The predicted molar refractivity (Wildman–Crippen MR) is 91.7 cm³/mol. The minimum absolute atomic E-state index is 0.171. The molecular weight excluding hydrogens is 288 g/mol. The van der Waals surface area contributed by atoms with Crippen molar-refractivity contribution in [1.82, 2.24) is 9.97 Å². The number of nitrogen functional groups attached to an aromatic ring is 1. The number of ketones is 1. The Balaban J connectivity index is 1.94. The van der Waals surface area contributed by atoms with E-state index in [1.165, 1.54) is 25.7 Å². The van der Waals surface area contributed by atoms with Crippen molar-refractivity contribution in [3.63, 3.8) is 0 Å². The molecule has 5 nitrogen and oxygen atoms in total. The number of carbonyl (C=O) groups excluding carboxylic acids is 1. The molecule has 2 aromatic rings. The summed E-state index contributed by atoms with van der Waals surface area (Å²) in [6, 6.07) is 7.28. The van der Waals surface area contributed by atoms with Crippen LogP contribution in [-0.4, -0.2) is 28.8 Å². The van der Waals surface area contributed by atoms with E-state index in [2.05, 4.69) is 20.9 Å². The van der Waals surface area contributed by atoms with Crippen molar-refractivity contribution < 1.29 is 4.79 Å². The van der Waals surface area contributed by atoms with E-state index in [0.29, 0.717) is 11.3 Å². The number of carbonyl (C=O) groups is 1. The molecule has 0 atom stereocenters. The molecule has 0 amide bonds. The highest BCUT2D eigenvalue weighted by Gasteiger charge is 2.18. The van der Waals surface area contributed by atoms with E-state index in [0.717, 1.165) is 24.5 Å². The quantitative estimate of drug-likeness (QED) is 0.882. The van der Waals surface area contributed by atoms with Gasteiger partial charge in [0.15, 0.2) is 0 Å². The molecule has 0 bridgehead atoms. The Labute approximate surface area is 136 Å². The van der Waals surface area contributed by atoms with Gasteiger partial charge in [-0.15, -0.1) is 0 Å². The first kappa shape index (κ1) is 15.5. The van der Waals surface area contributed by atoms with Crippen molar-refractivity contribution in [2.24, 2.45) is 0 Å². The zero-order valence-corrected chi connectivity index (χ0v) is 13.5. The third-order valence-electron chi connectivity index (χ3n) is 4.20. The molecule has 1 aliphatic rings. The van der Waals surface area contributed by atoms with E-state index in [1.54, 1.807) is 18.3 Å². The summed E-state index contributed by atoms with van der Waals surface area (Å²) in [7, 11) is 0. The summed E-state index contributed by atoms with van der Waals surface area (Å²) in [6.45, 7) is 3.99. The van der Waals surface area contributed by atoms with Crippen molar-refractivity contribution >= 4 is 17.4 Å². The lowest BCUT2D eigenvalue weighted by Crippen LogP contribution is -2.25. The molecule has 2 N–H and O–H groups in total. The van der Waals surface area contributed by atoms with E-state index >= 15 is 0 Å². The van der Waals surface area contributed by atoms with Gasteiger partial charge in [0.05, 0.1) is 5.56 Å². The Morgan fingerprint density at radius 3 is 2.61 bits per heavy atom. The van der Waals surface area contributed by atoms with Crippen LogP contribution in [0.3, 0.4) is 0 Å². The molecule has 2 aromatic heterocycles. The molecule has 0 aromatic carbocycles. The summed E-state index contributed by atoms with van der Waals surface area (Å²) in [5.41, 5.74) is 7.70. The zero-order valence-electron chi connectivity index (χ0n) is 13.5. The van der Waals surface area contributed by atoms with Crippen LogP contribution in [0.2, 0.25) is 0 Å². The summed E-state index contributed by atoms with van der Waals surface area (Å²) in [4.78, 5) is 23.6. The van der Waals surface area contributed by atoms with Gasteiger partial charge < -0.3 is 10.6 Å². The summed E-state index contributed by atoms with van der Waals surface area (Å²) in [6.07, 6.45) is 6.46. The van der Waals surface area contributed by atoms with E-state index in [-0.39, 0.29) is 11.6 Å². The lowest BCUT2D eigenvalue weighted by atomic mass is 10.1. The highest BCUT2D eigenvalue weighted by Crippen LogP contribution is 2.21. The molecule has 1 fully saturated rings. The topological polar surface area (TPSA) is 72.1 Å². The molecule has 0 saturated carbocycles. The molecule has 1 aliphatic heterocycles. The normalized spacial score (nSPS) is 15.3. The van der Waals surface area contributed by atoms with Crippen LogP contribution in [0, 0.1) is 6.92 Å². The second-order valence-electron chi connectivity index (χ2n) is 6.05. The van der Waals surface area contributed by atoms with E-state index in [9.17, 15) is 4.79 Å². The van der Waals surface area contributed by atoms with E-state index in [4.69, 9.17) is 5.73 Å². The maximum atomic E-state index is 12.7. The Kier molecular flexibility index (Phi) is 4.55. The van der Waals surface area contributed by atoms with Gasteiger partial charge in [-0.1, -0.05) is 12.8 Å². The number of hydrogen-bond acceptors (Lipinski definition) is 5. The summed E-state index contributed by atoms with van der Waals surface area (Å²) < 4.78 is 0. The number of aromatic nitrogens is 2. The molecule has 0 aliphatic carbocycles.